The van der Waals surface area contributed by atoms with Gasteiger partial charge in [-0.1, -0.05) is 12.1 Å². The van der Waals surface area contributed by atoms with E-state index in [-0.39, 0.29) is 18.1 Å². The highest BCUT2D eigenvalue weighted by molar-refractivity contribution is 5.97. The Labute approximate surface area is 113 Å². The lowest BCUT2D eigenvalue weighted by atomic mass is 10.1. The van der Waals surface area contributed by atoms with E-state index in [9.17, 15) is 4.79 Å². The van der Waals surface area contributed by atoms with E-state index in [2.05, 4.69) is 18.7 Å². The van der Waals surface area contributed by atoms with E-state index in [1.54, 1.807) is 0 Å². The first-order chi connectivity index (χ1) is 9.08. The Bertz CT molecular complexity index is 501. The maximum absolute atomic E-state index is 12.5. The molecule has 0 N–H and O–H groups in total. The van der Waals surface area contributed by atoms with Crippen molar-refractivity contribution >= 4 is 5.91 Å². The predicted octanol–water partition coefficient (Wildman–Crippen LogP) is 1.61. The lowest BCUT2D eigenvalue weighted by Gasteiger charge is -2.25. The maximum Gasteiger partial charge on any atom is 0.257 e. The van der Waals surface area contributed by atoms with Crippen LogP contribution < -0.4 is 4.74 Å². The van der Waals surface area contributed by atoms with Crippen LogP contribution in [-0.4, -0.2) is 54.0 Å². The fourth-order valence-corrected chi connectivity index (χ4v) is 2.94. The van der Waals surface area contributed by atoms with Crippen molar-refractivity contribution < 1.29 is 9.53 Å². The molecule has 4 heteroatoms. The minimum atomic E-state index is 0.0636. The number of carbonyl (C=O) groups excluding carboxylic acids is 1. The molecule has 1 aromatic carbocycles. The van der Waals surface area contributed by atoms with E-state index in [1.807, 2.05) is 36.2 Å². The summed E-state index contributed by atoms with van der Waals surface area (Å²) in [6.45, 7) is 6.13. The molecule has 19 heavy (non-hydrogen) atoms. The normalized spacial score (nSPS) is 26.9. The molecule has 2 heterocycles. The predicted molar refractivity (Wildman–Crippen MR) is 73.4 cm³/mol. The van der Waals surface area contributed by atoms with Crippen molar-refractivity contribution in [1.82, 2.24) is 9.80 Å². The molecule has 1 saturated heterocycles. The summed E-state index contributed by atoms with van der Waals surface area (Å²) in [7, 11) is 1.88. The molecule has 0 saturated carbocycles. The van der Waals surface area contributed by atoms with Gasteiger partial charge >= 0.3 is 0 Å². The molecule has 1 fully saturated rings. The summed E-state index contributed by atoms with van der Waals surface area (Å²) in [5.74, 6) is 0.783. The van der Waals surface area contributed by atoms with E-state index < -0.39 is 0 Å². The van der Waals surface area contributed by atoms with Gasteiger partial charge in [-0.15, -0.1) is 0 Å². The van der Waals surface area contributed by atoms with E-state index in [0.29, 0.717) is 11.6 Å². The zero-order chi connectivity index (χ0) is 13.6. The Hall–Kier alpha value is -1.55. The number of likely N-dealkylation sites (N-methyl/N-ethyl adjacent to an activating group) is 1. The Morgan fingerprint density at radius 3 is 2.74 bits per heavy atom. The van der Waals surface area contributed by atoms with Gasteiger partial charge < -0.3 is 9.64 Å². The molecule has 2 aliphatic heterocycles. The van der Waals surface area contributed by atoms with Gasteiger partial charge in [-0.25, -0.2) is 0 Å². The topological polar surface area (TPSA) is 32.8 Å². The molecule has 0 bridgehead atoms. The number of fused-ring (bicyclic) bond motifs is 2. The summed E-state index contributed by atoms with van der Waals surface area (Å²) in [5, 5.41) is 0. The summed E-state index contributed by atoms with van der Waals surface area (Å²) in [5.41, 5.74) is 0.676. The van der Waals surface area contributed by atoms with Crippen LogP contribution in [0.1, 0.15) is 24.2 Å². The molecule has 3 rings (SSSR count). The number of nitrogens with zero attached hydrogens (tertiary/aromatic N) is 2. The monoisotopic (exact) mass is 260 g/mol. The number of rotatable bonds is 1. The van der Waals surface area contributed by atoms with Gasteiger partial charge in [0.25, 0.3) is 5.91 Å². The average Bonchev–Trinajstić information content (AvgIpc) is 2.78. The number of benzene rings is 1. The van der Waals surface area contributed by atoms with Crippen molar-refractivity contribution in [2.24, 2.45) is 0 Å². The molecule has 0 aromatic heterocycles. The van der Waals surface area contributed by atoms with Gasteiger partial charge in [-0.05, 0) is 26.0 Å². The maximum atomic E-state index is 12.5. The van der Waals surface area contributed by atoms with Gasteiger partial charge in [0.2, 0.25) is 0 Å². The fourth-order valence-electron chi connectivity index (χ4n) is 2.94. The largest absolute Gasteiger partial charge is 0.486 e. The quantitative estimate of drug-likeness (QED) is 0.769. The van der Waals surface area contributed by atoms with Crippen molar-refractivity contribution in [1.29, 1.82) is 0 Å². The van der Waals surface area contributed by atoms with E-state index in [1.165, 1.54) is 0 Å². The number of hydrogen-bond donors (Lipinski definition) is 0. The molecule has 102 valence electrons. The first-order valence-electron chi connectivity index (χ1n) is 6.85. The fraction of sp³-hybridized carbons (Fsp3) is 0.533. The van der Waals surface area contributed by atoms with Crippen LogP contribution in [0.2, 0.25) is 0 Å². The van der Waals surface area contributed by atoms with Crippen LogP contribution in [0.3, 0.4) is 0 Å². The molecule has 1 amide bonds. The third kappa shape index (κ3) is 2.00. The van der Waals surface area contributed by atoms with Crippen molar-refractivity contribution in [3.05, 3.63) is 29.8 Å². The molecule has 4 nitrogen and oxygen atoms in total. The minimum Gasteiger partial charge on any atom is -0.486 e. The van der Waals surface area contributed by atoms with Crippen LogP contribution in [0, 0.1) is 0 Å². The second-order valence-corrected chi connectivity index (χ2v) is 5.68. The highest BCUT2D eigenvalue weighted by Gasteiger charge is 2.42. The summed E-state index contributed by atoms with van der Waals surface area (Å²) in [6.07, 6.45) is 0.0694. The highest BCUT2D eigenvalue weighted by Crippen LogP contribution is 2.30. The first kappa shape index (κ1) is 12.5. The highest BCUT2D eigenvalue weighted by atomic mass is 16.5. The smallest absolute Gasteiger partial charge is 0.257 e. The van der Waals surface area contributed by atoms with Crippen LogP contribution in [0.4, 0.5) is 0 Å². The zero-order valence-electron chi connectivity index (χ0n) is 11.7. The molecular formula is C15H20N2O2. The van der Waals surface area contributed by atoms with Gasteiger partial charge in [0.1, 0.15) is 11.9 Å². The van der Waals surface area contributed by atoms with E-state index in [0.717, 1.165) is 18.8 Å². The average molecular weight is 260 g/mol. The third-order valence-electron chi connectivity index (χ3n) is 4.21. The standard InChI is InChI=1S/C15H20N2O2/c1-10(2)17-8-12-14(9-17)19-13-7-5-4-6-11(13)15(18)16(12)3/h4-7,10,12,14H,8-9H2,1-3H3. The van der Waals surface area contributed by atoms with Crippen LogP contribution in [0.5, 0.6) is 5.75 Å². The lowest BCUT2D eigenvalue weighted by Crippen LogP contribution is -2.44. The molecule has 2 unspecified atom stereocenters. The number of hydrogen-bond acceptors (Lipinski definition) is 3. The molecule has 1 aromatic rings. The Morgan fingerprint density at radius 1 is 1.26 bits per heavy atom. The molecule has 0 aliphatic carbocycles. The summed E-state index contributed by atoms with van der Waals surface area (Å²) >= 11 is 0. The van der Waals surface area contributed by atoms with Gasteiger partial charge in [0.15, 0.2) is 0 Å². The Kier molecular flexibility index (Phi) is 2.97. The van der Waals surface area contributed by atoms with Gasteiger partial charge in [-0.2, -0.15) is 0 Å². The number of carbonyl (C=O) groups is 1. The number of amides is 1. The summed E-state index contributed by atoms with van der Waals surface area (Å²) in [6, 6.07) is 8.16. The molecule has 2 atom stereocenters. The zero-order valence-corrected chi connectivity index (χ0v) is 11.7. The van der Waals surface area contributed by atoms with Gasteiger partial charge in [0.05, 0.1) is 11.6 Å². The van der Waals surface area contributed by atoms with Crippen molar-refractivity contribution in [3.8, 4) is 5.75 Å². The third-order valence-corrected chi connectivity index (χ3v) is 4.21. The number of para-hydroxylation sites is 1. The number of likely N-dealkylation sites (tertiary alicyclic amines) is 1. The van der Waals surface area contributed by atoms with Gasteiger partial charge in [-0.3, -0.25) is 9.69 Å². The summed E-state index contributed by atoms with van der Waals surface area (Å²) < 4.78 is 6.10. The second-order valence-electron chi connectivity index (χ2n) is 5.68. The minimum absolute atomic E-state index is 0.0636. The van der Waals surface area contributed by atoms with Crippen molar-refractivity contribution in [2.75, 3.05) is 20.1 Å². The Balaban J connectivity index is 1.95. The van der Waals surface area contributed by atoms with Crippen molar-refractivity contribution in [2.45, 2.75) is 32.0 Å². The van der Waals surface area contributed by atoms with Crippen LogP contribution in [-0.2, 0) is 0 Å². The van der Waals surface area contributed by atoms with Crippen molar-refractivity contribution in [3.63, 3.8) is 0 Å². The lowest BCUT2D eigenvalue weighted by molar-refractivity contribution is 0.0681. The molecule has 0 spiro atoms. The first-order valence-corrected chi connectivity index (χ1v) is 6.85. The van der Waals surface area contributed by atoms with E-state index >= 15 is 0 Å². The second kappa shape index (κ2) is 4.53. The summed E-state index contributed by atoms with van der Waals surface area (Å²) in [4.78, 5) is 16.7. The SMILES string of the molecule is CC(C)N1CC2Oc3ccccc3C(=O)N(C)C2C1. The molecular weight excluding hydrogens is 240 g/mol. The molecule has 2 aliphatic rings. The number of ether oxygens (including phenoxy) is 1. The van der Waals surface area contributed by atoms with Crippen LogP contribution in [0.25, 0.3) is 0 Å². The Morgan fingerprint density at radius 2 is 2.00 bits per heavy atom. The van der Waals surface area contributed by atoms with Gasteiger partial charge in [0, 0.05) is 26.2 Å². The molecule has 0 radical (unpaired) electrons. The van der Waals surface area contributed by atoms with Crippen LogP contribution >= 0.6 is 0 Å². The van der Waals surface area contributed by atoms with E-state index in [4.69, 9.17) is 4.74 Å². The van der Waals surface area contributed by atoms with Crippen LogP contribution in [0.15, 0.2) is 24.3 Å².